The molecule has 1 fully saturated rings. The number of hydrogen-bond acceptors (Lipinski definition) is 3. The number of allylic oxidation sites excluding steroid dienone is 6. The molecule has 1 aliphatic rings. The van der Waals surface area contributed by atoms with E-state index in [4.69, 9.17) is 0 Å². The molecule has 1 aliphatic carbocycles. The second-order valence-corrected chi connectivity index (χ2v) is 6.68. The predicted octanol–water partition coefficient (Wildman–Crippen LogP) is 5.93. The average molecular weight is 381 g/mol. The maximum absolute atomic E-state index is 9.96. The number of nitrogens with zero attached hydrogens (tertiary/aromatic N) is 3. The van der Waals surface area contributed by atoms with Crippen molar-refractivity contribution >= 4 is 16.7 Å². The summed E-state index contributed by atoms with van der Waals surface area (Å²) in [6, 6.07) is 34.9. The highest BCUT2D eigenvalue weighted by Gasteiger charge is 2.41. The molecule has 3 aromatic carbocycles. The van der Waals surface area contributed by atoms with Crippen LogP contribution in [0.3, 0.4) is 0 Å². The van der Waals surface area contributed by atoms with Crippen molar-refractivity contribution < 1.29 is 0 Å². The molecule has 3 aromatic rings. The van der Waals surface area contributed by atoms with Crippen LogP contribution in [-0.4, -0.2) is 0 Å². The van der Waals surface area contributed by atoms with Crippen LogP contribution in [0.1, 0.15) is 16.7 Å². The Morgan fingerprint density at radius 3 is 0.833 bits per heavy atom. The van der Waals surface area contributed by atoms with Crippen LogP contribution < -0.4 is 0 Å². The van der Waals surface area contributed by atoms with Crippen molar-refractivity contribution in [1.29, 1.82) is 15.8 Å². The van der Waals surface area contributed by atoms with Crippen LogP contribution in [0, 0.1) is 34.0 Å². The highest BCUT2D eigenvalue weighted by atomic mass is 14.4. The molecule has 0 N–H and O–H groups in total. The monoisotopic (exact) mass is 381 g/mol. The van der Waals surface area contributed by atoms with E-state index < -0.39 is 0 Å². The Kier molecular flexibility index (Phi) is 5.08. The SMILES string of the molecule is N#CC(=C1C(=C(C#N)c2ccccc2)C1=C(C#N)c1ccccc1)c1ccccc1. The largest absolute Gasteiger partial charge is 0.192 e. The Morgan fingerprint density at radius 2 is 0.633 bits per heavy atom. The van der Waals surface area contributed by atoms with Crippen molar-refractivity contribution in [2.45, 2.75) is 0 Å². The summed E-state index contributed by atoms with van der Waals surface area (Å²) in [5.74, 6) is 0. The lowest BCUT2D eigenvalue weighted by Gasteiger charge is -1.97. The van der Waals surface area contributed by atoms with Gasteiger partial charge in [0.2, 0.25) is 0 Å². The smallest absolute Gasteiger partial charge is 0.100 e. The molecule has 1 saturated carbocycles. The summed E-state index contributed by atoms with van der Waals surface area (Å²) in [5, 5.41) is 29.9. The van der Waals surface area contributed by atoms with Gasteiger partial charge in [-0.25, -0.2) is 0 Å². The fourth-order valence-corrected chi connectivity index (χ4v) is 3.55. The molecule has 0 radical (unpaired) electrons. The van der Waals surface area contributed by atoms with E-state index in [1.54, 1.807) is 0 Å². The van der Waals surface area contributed by atoms with E-state index in [9.17, 15) is 15.8 Å². The van der Waals surface area contributed by atoms with E-state index in [2.05, 4.69) is 18.2 Å². The second-order valence-electron chi connectivity index (χ2n) is 6.68. The number of nitriles is 3. The minimum atomic E-state index is 0.466. The van der Waals surface area contributed by atoms with Gasteiger partial charge in [0.15, 0.2) is 0 Å². The molecule has 4 rings (SSSR count). The van der Waals surface area contributed by atoms with Gasteiger partial charge in [0.1, 0.15) is 18.2 Å². The van der Waals surface area contributed by atoms with Crippen LogP contribution in [-0.2, 0) is 0 Å². The van der Waals surface area contributed by atoms with Gasteiger partial charge in [-0.3, -0.25) is 0 Å². The van der Waals surface area contributed by atoms with Crippen molar-refractivity contribution in [2.75, 3.05) is 0 Å². The molecule has 0 atom stereocenters. The fraction of sp³-hybridized carbons (Fsp3) is 0. The topological polar surface area (TPSA) is 71.4 Å². The van der Waals surface area contributed by atoms with Gasteiger partial charge in [-0.1, -0.05) is 91.0 Å². The summed E-state index contributed by atoms with van der Waals surface area (Å²) < 4.78 is 0. The number of hydrogen-bond donors (Lipinski definition) is 0. The van der Waals surface area contributed by atoms with Crippen LogP contribution in [0.2, 0.25) is 0 Å². The normalized spacial score (nSPS) is 11.7. The van der Waals surface area contributed by atoms with Crippen LogP contribution in [0.25, 0.3) is 16.7 Å². The maximum Gasteiger partial charge on any atom is 0.100 e. The van der Waals surface area contributed by atoms with Gasteiger partial charge in [0.05, 0.1) is 16.7 Å². The van der Waals surface area contributed by atoms with E-state index in [1.807, 2.05) is 91.0 Å². The first-order valence-electron chi connectivity index (χ1n) is 9.40. The third-order valence-corrected chi connectivity index (χ3v) is 4.96. The molecule has 138 valence electrons. The van der Waals surface area contributed by atoms with Crippen molar-refractivity contribution in [2.24, 2.45) is 0 Å². The lowest BCUT2D eigenvalue weighted by molar-refractivity contribution is 1.51. The Hall–Kier alpha value is -4.65. The van der Waals surface area contributed by atoms with E-state index in [0.717, 1.165) is 16.7 Å². The molecule has 0 heterocycles. The Morgan fingerprint density at radius 1 is 0.400 bits per heavy atom. The first-order valence-corrected chi connectivity index (χ1v) is 9.40. The van der Waals surface area contributed by atoms with Gasteiger partial charge in [-0.05, 0) is 16.7 Å². The summed E-state index contributed by atoms with van der Waals surface area (Å²) in [6.07, 6.45) is 0. The van der Waals surface area contributed by atoms with Crippen molar-refractivity contribution in [3.05, 3.63) is 124 Å². The summed E-state index contributed by atoms with van der Waals surface area (Å²) in [5.41, 5.74) is 5.70. The zero-order valence-electron chi connectivity index (χ0n) is 16.0. The summed E-state index contributed by atoms with van der Waals surface area (Å²) in [4.78, 5) is 0. The van der Waals surface area contributed by atoms with Gasteiger partial charge < -0.3 is 0 Å². The van der Waals surface area contributed by atoms with Crippen molar-refractivity contribution in [1.82, 2.24) is 0 Å². The lowest BCUT2D eigenvalue weighted by Crippen LogP contribution is -1.82. The van der Waals surface area contributed by atoms with Crippen molar-refractivity contribution in [3.8, 4) is 18.2 Å². The Labute approximate surface area is 175 Å². The molecule has 3 nitrogen and oxygen atoms in total. The molecule has 0 spiro atoms. The molecule has 0 unspecified atom stereocenters. The molecule has 30 heavy (non-hydrogen) atoms. The minimum absolute atomic E-state index is 0.466. The predicted molar refractivity (Wildman–Crippen MR) is 117 cm³/mol. The van der Waals surface area contributed by atoms with E-state index in [-0.39, 0.29) is 0 Å². The molecular weight excluding hydrogens is 366 g/mol. The minimum Gasteiger partial charge on any atom is -0.192 e. The third kappa shape index (κ3) is 3.31. The van der Waals surface area contributed by atoms with Gasteiger partial charge in [-0.15, -0.1) is 0 Å². The summed E-state index contributed by atoms with van der Waals surface area (Å²) in [7, 11) is 0. The highest BCUT2D eigenvalue weighted by molar-refractivity contribution is 6.11. The van der Waals surface area contributed by atoms with Gasteiger partial charge >= 0.3 is 0 Å². The first kappa shape index (κ1) is 18.7. The van der Waals surface area contributed by atoms with E-state index in [1.165, 1.54) is 0 Å². The summed E-state index contributed by atoms with van der Waals surface area (Å²) in [6.45, 7) is 0. The molecule has 3 heteroatoms. The zero-order chi connectivity index (χ0) is 20.9. The molecule has 0 bridgehead atoms. The molecule has 0 saturated heterocycles. The quantitative estimate of drug-likeness (QED) is 0.528. The van der Waals surface area contributed by atoms with Gasteiger partial charge in [-0.2, -0.15) is 15.8 Å². The van der Waals surface area contributed by atoms with Crippen LogP contribution in [0.4, 0.5) is 0 Å². The number of benzene rings is 3. The molecule has 0 amide bonds. The summed E-state index contributed by atoms with van der Waals surface area (Å²) >= 11 is 0. The Balaban J connectivity index is 2.08. The molecular formula is C27H15N3. The third-order valence-electron chi connectivity index (χ3n) is 4.96. The lowest BCUT2D eigenvalue weighted by atomic mass is 10.0. The first-order chi connectivity index (χ1) is 14.8. The zero-order valence-corrected chi connectivity index (χ0v) is 16.0. The second kappa shape index (κ2) is 8.15. The van der Waals surface area contributed by atoms with Crippen LogP contribution >= 0.6 is 0 Å². The van der Waals surface area contributed by atoms with E-state index >= 15 is 0 Å². The maximum atomic E-state index is 9.96. The standard InChI is InChI=1S/C27H15N3/c28-16-22(19-10-4-1-5-11-19)25-26(23(17-29)20-12-6-2-7-13-20)27(25)24(18-30)21-14-8-3-9-15-21/h1-15H. The van der Waals surface area contributed by atoms with E-state index in [0.29, 0.717) is 33.4 Å². The average Bonchev–Trinajstić information content (AvgIpc) is 3.51. The highest BCUT2D eigenvalue weighted by Crippen LogP contribution is 2.55. The van der Waals surface area contributed by atoms with Gasteiger partial charge in [0.25, 0.3) is 0 Å². The van der Waals surface area contributed by atoms with Crippen LogP contribution in [0.15, 0.2) is 108 Å². The molecule has 0 aliphatic heterocycles. The van der Waals surface area contributed by atoms with Crippen LogP contribution in [0.5, 0.6) is 0 Å². The fourth-order valence-electron chi connectivity index (χ4n) is 3.55. The number of rotatable bonds is 3. The Bertz CT molecular complexity index is 1140. The van der Waals surface area contributed by atoms with Gasteiger partial charge in [0, 0.05) is 16.7 Å². The molecule has 0 aromatic heterocycles. The van der Waals surface area contributed by atoms with Crippen molar-refractivity contribution in [3.63, 3.8) is 0 Å².